The predicted octanol–water partition coefficient (Wildman–Crippen LogP) is 3.43. The van der Waals surface area contributed by atoms with Crippen LogP contribution in [0.1, 0.15) is 18.4 Å². The van der Waals surface area contributed by atoms with E-state index in [1.54, 1.807) is 6.92 Å². The Kier molecular flexibility index (Phi) is 5.99. The fourth-order valence-electron chi connectivity index (χ4n) is 2.59. The third-order valence-electron chi connectivity index (χ3n) is 3.83. The van der Waals surface area contributed by atoms with Crippen molar-refractivity contribution in [3.8, 4) is 0 Å². The zero-order valence-corrected chi connectivity index (χ0v) is 15.0. The fourth-order valence-corrected chi connectivity index (χ4v) is 2.59. The molecule has 0 atom stereocenters. The van der Waals surface area contributed by atoms with Crippen LogP contribution in [0, 0.1) is 0 Å². The molecule has 0 fully saturated rings. The SMILES string of the molecule is CCOC(=O)CN(Cc1ccccc1)C(=O)C=Cc1nc2ccccc2o1. The lowest BCUT2D eigenvalue weighted by atomic mass is 10.2. The lowest BCUT2D eigenvalue weighted by molar-refractivity contribution is -0.148. The Morgan fingerprint density at radius 1 is 1.11 bits per heavy atom. The zero-order chi connectivity index (χ0) is 19.1. The Hall–Kier alpha value is -3.41. The summed E-state index contributed by atoms with van der Waals surface area (Å²) < 4.78 is 10.6. The van der Waals surface area contributed by atoms with Gasteiger partial charge in [0.05, 0.1) is 6.61 Å². The minimum absolute atomic E-state index is 0.126. The Bertz CT molecular complexity index is 914. The summed E-state index contributed by atoms with van der Waals surface area (Å²) in [6.07, 6.45) is 2.86. The Morgan fingerprint density at radius 2 is 1.85 bits per heavy atom. The summed E-state index contributed by atoms with van der Waals surface area (Å²) in [5, 5.41) is 0. The van der Waals surface area contributed by atoms with Gasteiger partial charge in [-0.3, -0.25) is 9.59 Å². The number of para-hydroxylation sites is 2. The Balaban J connectivity index is 1.75. The van der Waals surface area contributed by atoms with E-state index in [9.17, 15) is 9.59 Å². The van der Waals surface area contributed by atoms with Gasteiger partial charge in [-0.2, -0.15) is 0 Å². The molecule has 2 aromatic carbocycles. The highest BCUT2D eigenvalue weighted by Gasteiger charge is 2.16. The van der Waals surface area contributed by atoms with Crippen LogP contribution in [0.25, 0.3) is 17.2 Å². The Morgan fingerprint density at radius 3 is 2.59 bits per heavy atom. The maximum atomic E-state index is 12.6. The van der Waals surface area contributed by atoms with E-state index < -0.39 is 5.97 Å². The van der Waals surface area contributed by atoms with Crippen molar-refractivity contribution in [2.45, 2.75) is 13.5 Å². The van der Waals surface area contributed by atoms with Gasteiger partial charge in [-0.05, 0) is 24.6 Å². The number of nitrogens with zero attached hydrogens (tertiary/aromatic N) is 2. The first-order valence-electron chi connectivity index (χ1n) is 8.68. The Labute approximate surface area is 157 Å². The van der Waals surface area contributed by atoms with Gasteiger partial charge in [-0.1, -0.05) is 42.5 Å². The van der Waals surface area contributed by atoms with Gasteiger partial charge < -0.3 is 14.1 Å². The summed E-state index contributed by atoms with van der Waals surface area (Å²) in [7, 11) is 0. The van der Waals surface area contributed by atoms with E-state index in [0.29, 0.717) is 18.0 Å². The van der Waals surface area contributed by atoms with Crippen LogP contribution in [0.15, 0.2) is 65.1 Å². The molecule has 6 heteroatoms. The van der Waals surface area contributed by atoms with E-state index in [-0.39, 0.29) is 19.1 Å². The van der Waals surface area contributed by atoms with Crippen molar-refractivity contribution < 1.29 is 18.7 Å². The van der Waals surface area contributed by atoms with Crippen LogP contribution in [0.3, 0.4) is 0 Å². The molecule has 1 aromatic heterocycles. The number of ether oxygens (including phenoxy) is 1. The van der Waals surface area contributed by atoms with Gasteiger partial charge in [-0.15, -0.1) is 0 Å². The molecule has 0 aliphatic carbocycles. The van der Waals surface area contributed by atoms with Crippen LogP contribution in [0.2, 0.25) is 0 Å². The smallest absolute Gasteiger partial charge is 0.325 e. The highest BCUT2D eigenvalue weighted by molar-refractivity contribution is 5.93. The van der Waals surface area contributed by atoms with Gasteiger partial charge in [0, 0.05) is 18.7 Å². The normalized spacial score (nSPS) is 11.0. The average molecular weight is 364 g/mol. The third kappa shape index (κ3) is 5.04. The minimum Gasteiger partial charge on any atom is -0.465 e. The highest BCUT2D eigenvalue weighted by Crippen LogP contribution is 2.15. The molecule has 1 amide bonds. The molecule has 138 valence electrons. The molecule has 0 bridgehead atoms. The number of amides is 1. The number of aromatic nitrogens is 1. The lowest BCUT2D eigenvalue weighted by Crippen LogP contribution is -2.35. The van der Waals surface area contributed by atoms with Gasteiger partial charge in [0.25, 0.3) is 0 Å². The van der Waals surface area contributed by atoms with Gasteiger partial charge in [0.1, 0.15) is 12.1 Å². The van der Waals surface area contributed by atoms with E-state index in [1.807, 2.05) is 54.6 Å². The molecule has 27 heavy (non-hydrogen) atoms. The van der Waals surface area contributed by atoms with Crippen LogP contribution < -0.4 is 0 Å². The average Bonchev–Trinajstić information content (AvgIpc) is 3.09. The second-order valence-electron chi connectivity index (χ2n) is 5.84. The minimum atomic E-state index is -0.447. The molecule has 3 aromatic rings. The number of oxazole rings is 1. The maximum absolute atomic E-state index is 12.6. The van der Waals surface area contributed by atoms with Crippen LogP contribution in [-0.4, -0.2) is 34.9 Å². The molecular formula is C21H20N2O4. The number of hydrogen-bond acceptors (Lipinski definition) is 5. The second-order valence-corrected chi connectivity index (χ2v) is 5.84. The fraction of sp³-hybridized carbons (Fsp3) is 0.190. The van der Waals surface area contributed by atoms with E-state index in [1.165, 1.54) is 17.1 Å². The summed E-state index contributed by atoms with van der Waals surface area (Å²) >= 11 is 0. The third-order valence-corrected chi connectivity index (χ3v) is 3.83. The molecule has 0 saturated carbocycles. The topological polar surface area (TPSA) is 72.6 Å². The number of hydrogen-bond donors (Lipinski definition) is 0. The van der Waals surface area contributed by atoms with E-state index in [0.717, 1.165) is 11.1 Å². The van der Waals surface area contributed by atoms with Gasteiger partial charge in [0.15, 0.2) is 5.58 Å². The standard InChI is InChI=1S/C21H20N2O4/c1-2-26-21(25)15-23(14-16-8-4-3-5-9-16)20(24)13-12-19-22-17-10-6-7-11-18(17)27-19/h3-13H,2,14-15H2,1H3. The molecule has 0 saturated heterocycles. The summed E-state index contributed by atoms with van der Waals surface area (Å²) in [6.45, 7) is 2.18. The van der Waals surface area contributed by atoms with Crippen molar-refractivity contribution in [1.29, 1.82) is 0 Å². The molecular weight excluding hydrogens is 344 g/mol. The van der Waals surface area contributed by atoms with Crippen LogP contribution >= 0.6 is 0 Å². The summed E-state index contributed by atoms with van der Waals surface area (Å²) in [6, 6.07) is 16.8. The number of benzene rings is 2. The highest BCUT2D eigenvalue weighted by atomic mass is 16.5. The zero-order valence-electron chi connectivity index (χ0n) is 15.0. The van der Waals surface area contributed by atoms with Crippen molar-refractivity contribution in [1.82, 2.24) is 9.88 Å². The molecule has 0 aliphatic heterocycles. The largest absolute Gasteiger partial charge is 0.465 e. The first-order chi connectivity index (χ1) is 13.2. The lowest BCUT2D eigenvalue weighted by Gasteiger charge is -2.20. The number of rotatable bonds is 7. The predicted molar refractivity (Wildman–Crippen MR) is 102 cm³/mol. The molecule has 0 unspecified atom stereocenters. The second kappa shape index (κ2) is 8.80. The van der Waals surface area contributed by atoms with Crippen molar-refractivity contribution in [3.63, 3.8) is 0 Å². The number of carbonyl (C=O) groups is 2. The molecule has 0 radical (unpaired) electrons. The number of carbonyl (C=O) groups excluding carboxylic acids is 2. The first-order valence-corrected chi connectivity index (χ1v) is 8.68. The van der Waals surface area contributed by atoms with E-state index in [2.05, 4.69) is 4.98 Å². The van der Waals surface area contributed by atoms with Crippen molar-refractivity contribution >= 4 is 29.1 Å². The summed E-state index contributed by atoms with van der Waals surface area (Å²) in [5.74, 6) is -0.438. The maximum Gasteiger partial charge on any atom is 0.325 e. The van der Waals surface area contributed by atoms with Gasteiger partial charge in [-0.25, -0.2) is 4.98 Å². The van der Waals surface area contributed by atoms with Crippen LogP contribution in [0.5, 0.6) is 0 Å². The summed E-state index contributed by atoms with van der Waals surface area (Å²) in [5.41, 5.74) is 2.29. The van der Waals surface area contributed by atoms with Crippen molar-refractivity contribution in [2.75, 3.05) is 13.2 Å². The molecule has 3 rings (SSSR count). The van der Waals surface area contributed by atoms with E-state index in [4.69, 9.17) is 9.15 Å². The van der Waals surface area contributed by atoms with Crippen LogP contribution in [-0.2, 0) is 20.9 Å². The van der Waals surface area contributed by atoms with Gasteiger partial charge >= 0.3 is 5.97 Å². The quantitative estimate of drug-likeness (QED) is 0.474. The van der Waals surface area contributed by atoms with Crippen molar-refractivity contribution in [2.24, 2.45) is 0 Å². The number of fused-ring (bicyclic) bond motifs is 1. The monoisotopic (exact) mass is 364 g/mol. The van der Waals surface area contributed by atoms with Crippen LogP contribution in [0.4, 0.5) is 0 Å². The van der Waals surface area contributed by atoms with Gasteiger partial charge in [0.2, 0.25) is 11.8 Å². The number of esters is 1. The molecule has 0 spiro atoms. The first kappa shape index (κ1) is 18.4. The van der Waals surface area contributed by atoms with E-state index >= 15 is 0 Å². The molecule has 0 aliphatic rings. The summed E-state index contributed by atoms with van der Waals surface area (Å²) in [4.78, 5) is 30.2. The van der Waals surface area contributed by atoms with Crippen molar-refractivity contribution in [3.05, 3.63) is 72.1 Å². The molecule has 0 N–H and O–H groups in total. The molecule has 1 heterocycles. The molecule has 6 nitrogen and oxygen atoms in total.